The van der Waals surface area contributed by atoms with Crippen LogP contribution in [-0.2, 0) is 6.54 Å². The molecule has 0 fully saturated rings. The molecule has 19 heavy (non-hydrogen) atoms. The van der Waals surface area contributed by atoms with E-state index in [9.17, 15) is 8.78 Å². The minimum Gasteiger partial charge on any atom is -0.328 e. The fourth-order valence-corrected chi connectivity index (χ4v) is 2.26. The third-order valence-electron chi connectivity index (χ3n) is 2.85. The Morgan fingerprint density at radius 3 is 2.84 bits per heavy atom. The molecular formula is C13H9F2N3S. The molecule has 3 rings (SSSR count). The van der Waals surface area contributed by atoms with Crippen molar-refractivity contribution in [2.24, 2.45) is 0 Å². The number of H-pyrrole nitrogens is 1. The third-order valence-corrected chi connectivity index (χ3v) is 3.17. The highest BCUT2D eigenvalue weighted by Gasteiger charge is 2.11. The van der Waals surface area contributed by atoms with E-state index in [1.54, 1.807) is 16.8 Å². The molecule has 0 saturated heterocycles. The van der Waals surface area contributed by atoms with Crippen LogP contribution in [0.3, 0.4) is 0 Å². The zero-order valence-electron chi connectivity index (χ0n) is 9.73. The first-order chi connectivity index (χ1) is 9.15. The molecule has 3 aromatic rings. The molecule has 0 spiro atoms. The van der Waals surface area contributed by atoms with Crippen molar-refractivity contribution in [3.63, 3.8) is 0 Å². The molecule has 0 amide bonds. The molecule has 96 valence electrons. The normalized spacial score (nSPS) is 11.1. The van der Waals surface area contributed by atoms with Gasteiger partial charge in [0.1, 0.15) is 11.3 Å². The molecule has 0 radical (unpaired) electrons. The van der Waals surface area contributed by atoms with Gasteiger partial charge in [-0.2, -0.15) is 0 Å². The lowest BCUT2D eigenvalue weighted by Gasteiger charge is -2.04. The molecule has 0 bridgehead atoms. The smallest absolute Gasteiger partial charge is 0.178 e. The molecule has 3 nitrogen and oxygen atoms in total. The van der Waals surface area contributed by atoms with Crippen molar-refractivity contribution in [1.29, 1.82) is 0 Å². The number of hydrogen-bond donors (Lipinski definition) is 1. The standard InChI is InChI=1S/C13H9F2N3S/c14-8-5-10(15)12-11(6-8)18(13(19)17-12)7-9-3-1-2-4-16-9/h1-6H,7H2,(H,17,19). The molecule has 2 aromatic heterocycles. The predicted octanol–water partition coefficient (Wildman–Crippen LogP) is 3.42. The van der Waals surface area contributed by atoms with E-state index in [1.807, 2.05) is 12.1 Å². The molecule has 0 unspecified atom stereocenters. The van der Waals surface area contributed by atoms with Crippen molar-refractivity contribution in [2.45, 2.75) is 6.54 Å². The summed E-state index contributed by atoms with van der Waals surface area (Å²) in [5, 5.41) is 0. The fourth-order valence-electron chi connectivity index (χ4n) is 1.99. The lowest BCUT2D eigenvalue weighted by Crippen LogP contribution is -2.01. The quantitative estimate of drug-likeness (QED) is 0.728. The summed E-state index contributed by atoms with van der Waals surface area (Å²) in [6, 6.07) is 7.57. The topological polar surface area (TPSA) is 33.6 Å². The van der Waals surface area contributed by atoms with Crippen molar-refractivity contribution in [2.75, 3.05) is 0 Å². The van der Waals surface area contributed by atoms with Gasteiger partial charge in [0.2, 0.25) is 0 Å². The van der Waals surface area contributed by atoms with Gasteiger partial charge >= 0.3 is 0 Å². The highest BCUT2D eigenvalue weighted by Crippen LogP contribution is 2.20. The lowest BCUT2D eigenvalue weighted by atomic mass is 10.3. The summed E-state index contributed by atoms with van der Waals surface area (Å²) in [6.45, 7) is 0.364. The fraction of sp³-hybridized carbons (Fsp3) is 0.0769. The number of benzene rings is 1. The SMILES string of the molecule is Fc1cc(F)c2[nH]c(=S)n(Cc3ccccn3)c2c1. The van der Waals surface area contributed by atoms with Gasteiger partial charge in [0.25, 0.3) is 0 Å². The van der Waals surface area contributed by atoms with Crippen molar-refractivity contribution < 1.29 is 8.78 Å². The number of aromatic amines is 1. The monoisotopic (exact) mass is 277 g/mol. The van der Waals surface area contributed by atoms with E-state index in [1.165, 1.54) is 6.07 Å². The van der Waals surface area contributed by atoms with Gasteiger partial charge in [-0.3, -0.25) is 4.98 Å². The Morgan fingerprint density at radius 1 is 1.26 bits per heavy atom. The summed E-state index contributed by atoms with van der Waals surface area (Å²) in [6.07, 6.45) is 1.66. The number of aromatic nitrogens is 3. The van der Waals surface area contributed by atoms with Gasteiger partial charge in [0.15, 0.2) is 10.6 Å². The first kappa shape index (κ1) is 12.0. The number of rotatable bonds is 2. The second kappa shape index (κ2) is 4.55. The third kappa shape index (κ3) is 2.15. The summed E-state index contributed by atoms with van der Waals surface area (Å²) in [4.78, 5) is 6.93. The van der Waals surface area contributed by atoms with E-state index in [2.05, 4.69) is 9.97 Å². The van der Waals surface area contributed by atoms with Gasteiger partial charge in [-0.15, -0.1) is 0 Å². The van der Waals surface area contributed by atoms with Crippen molar-refractivity contribution >= 4 is 23.3 Å². The van der Waals surface area contributed by atoms with E-state index in [0.29, 0.717) is 16.8 Å². The van der Waals surface area contributed by atoms with E-state index in [0.717, 1.165) is 11.8 Å². The minimum absolute atomic E-state index is 0.210. The molecule has 0 aliphatic heterocycles. The average Bonchev–Trinajstić information content (AvgIpc) is 2.69. The number of nitrogens with one attached hydrogen (secondary N) is 1. The number of pyridine rings is 1. The number of fused-ring (bicyclic) bond motifs is 1. The summed E-state index contributed by atoms with van der Waals surface area (Å²) >= 11 is 5.15. The maximum atomic E-state index is 13.6. The maximum absolute atomic E-state index is 13.6. The Balaban J connectivity index is 2.18. The van der Waals surface area contributed by atoms with Crippen LogP contribution in [0.4, 0.5) is 8.78 Å². The van der Waals surface area contributed by atoms with Crippen LogP contribution in [0.5, 0.6) is 0 Å². The molecule has 1 aromatic carbocycles. The van der Waals surface area contributed by atoms with Crippen LogP contribution >= 0.6 is 12.2 Å². The Morgan fingerprint density at radius 2 is 2.11 bits per heavy atom. The van der Waals surface area contributed by atoms with Gasteiger partial charge in [0, 0.05) is 12.3 Å². The van der Waals surface area contributed by atoms with Gasteiger partial charge in [0.05, 0.1) is 17.8 Å². The van der Waals surface area contributed by atoms with Gasteiger partial charge in [-0.05, 0) is 30.4 Å². The van der Waals surface area contributed by atoms with Crippen molar-refractivity contribution in [3.05, 3.63) is 58.6 Å². The van der Waals surface area contributed by atoms with E-state index < -0.39 is 11.6 Å². The molecule has 6 heteroatoms. The number of imidazole rings is 1. The van der Waals surface area contributed by atoms with Gasteiger partial charge < -0.3 is 9.55 Å². The van der Waals surface area contributed by atoms with Crippen LogP contribution in [-0.4, -0.2) is 14.5 Å². The maximum Gasteiger partial charge on any atom is 0.178 e. The molecule has 1 N–H and O–H groups in total. The van der Waals surface area contributed by atoms with Crippen molar-refractivity contribution in [1.82, 2.24) is 14.5 Å². The highest BCUT2D eigenvalue weighted by atomic mass is 32.1. The molecule has 0 atom stereocenters. The van der Waals surface area contributed by atoms with E-state index >= 15 is 0 Å². The average molecular weight is 277 g/mol. The summed E-state index contributed by atoms with van der Waals surface area (Å²) < 4.78 is 28.9. The summed E-state index contributed by atoms with van der Waals surface area (Å²) in [5.74, 6) is -1.28. The number of hydrogen-bond acceptors (Lipinski definition) is 2. The number of nitrogens with zero attached hydrogens (tertiary/aromatic N) is 2. The number of halogens is 2. The highest BCUT2D eigenvalue weighted by molar-refractivity contribution is 7.71. The Hall–Kier alpha value is -2.08. The zero-order chi connectivity index (χ0) is 13.4. The molecule has 0 aliphatic rings. The minimum atomic E-state index is -0.652. The molecule has 0 saturated carbocycles. The van der Waals surface area contributed by atoms with Crippen LogP contribution in [0.1, 0.15) is 5.69 Å². The second-order valence-corrected chi connectivity index (χ2v) is 4.51. The molecule has 0 aliphatic carbocycles. The van der Waals surface area contributed by atoms with Crippen LogP contribution in [0.25, 0.3) is 11.0 Å². The molecular weight excluding hydrogens is 268 g/mol. The Bertz CT molecular complexity index is 793. The predicted molar refractivity (Wildman–Crippen MR) is 70.4 cm³/mol. The van der Waals surface area contributed by atoms with Crippen molar-refractivity contribution in [3.8, 4) is 0 Å². The lowest BCUT2D eigenvalue weighted by molar-refractivity contribution is 0.590. The largest absolute Gasteiger partial charge is 0.328 e. The van der Waals surface area contributed by atoms with E-state index in [4.69, 9.17) is 12.2 Å². The summed E-state index contributed by atoms with van der Waals surface area (Å²) in [5.41, 5.74) is 1.37. The van der Waals surface area contributed by atoms with Crippen LogP contribution in [0.2, 0.25) is 0 Å². The van der Waals surface area contributed by atoms with Gasteiger partial charge in [-0.25, -0.2) is 8.78 Å². The van der Waals surface area contributed by atoms with Crippen LogP contribution < -0.4 is 0 Å². The van der Waals surface area contributed by atoms with Gasteiger partial charge in [-0.1, -0.05) is 6.07 Å². The first-order valence-electron chi connectivity index (χ1n) is 5.62. The summed E-state index contributed by atoms with van der Waals surface area (Å²) in [7, 11) is 0. The Kier molecular flexibility index (Phi) is 2.87. The first-order valence-corrected chi connectivity index (χ1v) is 6.03. The second-order valence-electron chi connectivity index (χ2n) is 4.12. The van der Waals surface area contributed by atoms with Crippen LogP contribution in [0.15, 0.2) is 36.5 Å². The zero-order valence-corrected chi connectivity index (χ0v) is 10.5. The van der Waals surface area contributed by atoms with E-state index in [-0.39, 0.29) is 5.52 Å². The molecule has 2 heterocycles. The van der Waals surface area contributed by atoms with Crippen LogP contribution in [0, 0.1) is 16.4 Å². The Labute approximate surface area is 112 Å².